The molecule has 0 aliphatic rings. The summed E-state index contributed by atoms with van der Waals surface area (Å²) in [5.41, 5.74) is 6.66. The first-order chi connectivity index (χ1) is 8.15. The van der Waals surface area contributed by atoms with E-state index in [1.165, 1.54) is 11.8 Å². The fourth-order valence-electron chi connectivity index (χ4n) is 1.24. The molecule has 86 valence electrons. The highest BCUT2D eigenvalue weighted by Crippen LogP contribution is 2.23. The van der Waals surface area contributed by atoms with Gasteiger partial charge < -0.3 is 5.73 Å². The fourth-order valence-corrected chi connectivity index (χ4v) is 2.04. The molecular weight excluding hydrogens is 234 g/mol. The molecule has 0 saturated carbocycles. The van der Waals surface area contributed by atoms with E-state index in [-0.39, 0.29) is 5.84 Å². The van der Waals surface area contributed by atoms with Crippen molar-refractivity contribution in [2.45, 2.75) is 17.0 Å². The topological polar surface area (TPSA) is 88.5 Å². The fraction of sp³-hybridized carbons (Fsp3) is 0.0909. The number of pyridine rings is 1. The molecule has 2 heterocycles. The summed E-state index contributed by atoms with van der Waals surface area (Å²) < 4.78 is 0. The first-order valence-electron chi connectivity index (χ1n) is 4.93. The molecule has 0 saturated heterocycles. The molecule has 0 aliphatic carbocycles. The van der Waals surface area contributed by atoms with E-state index in [4.69, 9.17) is 11.1 Å². The lowest BCUT2D eigenvalue weighted by Crippen LogP contribution is -2.14. The van der Waals surface area contributed by atoms with Crippen molar-refractivity contribution in [1.82, 2.24) is 15.0 Å². The van der Waals surface area contributed by atoms with Crippen LogP contribution < -0.4 is 5.73 Å². The van der Waals surface area contributed by atoms with Gasteiger partial charge >= 0.3 is 0 Å². The first kappa shape index (κ1) is 11.5. The van der Waals surface area contributed by atoms with Crippen LogP contribution in [-0.2, 0) is 0 Å². The largest absolute Gasteiger partial charge is 0.382 e. The number of hydrogen-bond donors (Lipinski definition) is 2. The minimum absolute atomic E-state index is 0.0490. The number of nitrogen functional groups attached to an aromatic ring is 1. The Hall–Kier alpha value is -1.95. The van der Waals surface area contributed by atoms with E-state index in [1.54, 1.807) is 18.5 Å². The van der Waals surface area contributed by atoms with Gasteiger partial charge in [0.25, 0.3) is 0 Å². The number of nitrogens with one attached hydrogen (secondary N) is 1. The van der Waals surface area contributed by atoms with E-state index in [0.717, 1.165) is 10.6 Å². The Morgan fingerprint density at radius 1 is 1.29 bits per heavy atom. The van der Waals surface area contributed by atoms with Crippen molar-refractivity contribution >= 4 is 17.6 Å². The van der Waals surface area contributed by atoms with Crippen LogP contribution in [-0.4, -0.2) is 20.8 Å². The number of nitrogens with zero attached hydrogens (tertiary/aromatic N) is 3. The van der Waals surface area contributed by atoms with Crippen LogP contribution in [0, 0.1) is 12.3 Å². The standard InChI is InChI=1S/C11H11N5S/c1-7-6-9(10(12)13)16-11(15-7)17-8-2-4-14-5-3-8/h2-6H,1H3,(H3,12,13). The number of rotatable bonds is 3. The summed E-state index contributed by atoms with van der Waals surface area (Å²) in [6, 6.07) is 5.45. The Bertz CT molecular complexity index is 541. The number of aryl methyl sites for hydroxylation is 1. The molecular formula is C11H11N5S. The quantitative estimate of drug-likeness (QED) is 0.487. The summed E-state index contributed by atoms with van der Waals surface area (Å²) in [4.78, 5) is 13.4. The van der Waals surface area contributed by atoms with Crippen molar-refractivity contribution < 1.29 is 0 Å². The van der Waals surface area contributed by atoms with Gasteiger partial charge in [-0.05, 0) is 36.9 Å². The lowest BCUT2D eigenvalue weighted by Gasteiger charge is -2.04. The molecule has 0 atom stereocenters. The lowest BCUT2D eigenvalue weighted by atomic mass is 10.3. The van der Waals surface area contributed by atoms with Crippen LogP contribution in [0.2, 0.25) is 0 Å². The molecule has 0 aromatic carbocycles. The molecule has 0 amide bonds. The van der Waals surface area contributed by atoms with Crippen molar-refractivity contribution in [2.24, 2.45) is 5.73 Å². The van der Waals surface area contributed by atoms with E-state index in [2.05, 4.69) is 15.0 Å². The zero-order valence-corrected chi connectivity index (χ0v) is 10.0. The van der Waals surface area contributed by atoms with E-state index in [9.17, 15) is 0 Å². The Kier molecular flexibility index (Phi) is 3.34. The maximum atomic E-state index is 7.38. The molecule has 0 aliphatic heterocycles. The van der Waals surface area contributed by atoms with Crippen LogP contribution in [0.15, 0.2) is 40.6 Å². The summed E-state index contributed by atoms with van der Waals surface area (Å²) in [7, 11) is 0. The normalized spacial score (nSPS) is 10.2. The van der Waals surface area contributed by atoms with Crippen LogP contribution in [0.3, 0.4) is 0 Å². The molecule has 2 aromatic heterocycles. The molecule has 0 unspecified atom stereocenters. The minimum atomic E-state index is -0.0490. The highest BCUT2D eigenvalue weighted by molar-refractivity contribution is 7.99. The lowest BCUT2D eigenvalue weighted by molar-refractivity contribution is 0.921. The van der Waals surface area contributed by atoms with Gasteiger partial charge in [-0.15, -0.1) is 0 Å². The number of nitrogens with two attached hydrogens (primary N) is 1. The van der Waals surface area contributed by atoms with Gasteiger partial charge in [0.1, 0.15) is 11.5 Å². The highest BCUT2D eigenvalue weighted by atomic mass is 32.2. The van der Waals surface area contributed by atoms with Crippen molar-refractivity contribution in [1.29, 1.82) is 5.41 Å². The maximum Gasteiger partial charge on any atom is 0.193 e. The SMILES string of the molecule is Cc1cc(C(=N)N)nc(Sc2ccncc2)n1. The zero-order chi connectivity index (χ0) is 12.3. The van der Waals surface area contributed by atoms with Gasteiger partial charge in [-0.3, -0.25) is 10.4 Å². The van der Waals surface area contributed by atoms with Crippen LogP contribution >= 0.6 is 11.8 Å². The monoisotopic (exact) mass is 245 g/mol. The van der Waals surface area contributed by atoms with Gasteiger partial charge in [-0.2, -0.15) is 0 Å². The highest BCUT2D eigenvalue weighted by Gasteiger charge is 2.06. The predicted octanol–water partition coefficient (Wildman–Crippen LogP) is 1.62. The zero-order valence-electron chi connectivity index (χ0n) is 9.21. The van der Waals surface area contributed by atoms with Gasteiger partial charge in [0.15, 0.2) is 5.16 Å². The van der Waals surface area contributed by atoms with Gasteiger partial charge in [0.2, 0.25) is 0 Å². The van der Waals surface area contributed by atoms with Crippen LogP contribution in [0.5, 0.6) is 0 Å². The van der Waals surface area contributed by atoms with Crippen molar-refractivity contribution in [3.63, 3.8) is 0 Å². The van der Waals surface area contributed by atoms with Crippen LogP contribution in [0.4, 0.5) is 0 Å². The van der Waals surface area contributed by atoms with Crippen LogP contribution in [0.1, 0.15) is 11.4 Å². The molecule has 6 heteroatoms. The van der Waals surface area contributed by atoms with Gasteiger partial charge in [0.05, 0.1) is 0 Å². The molecule has 17 heavy (non-hydrogen) atoms. The molecule has 0 fully saturated rings. The summed E-state index contributed by atoms with van der Waals surface area (Å²) in [5.74, 6) is -0.0490. The average Bonchev–Trinajstić information content (AvgIpc) is 2.29. The molecule has 2 aromatic rings. The summed E-state index contributed by atoms with van der Waals surface area (Å²) in [6.45, 7) is 1.85. The molecule has 3 N–H and O–H groups in total. The Morgan fingerprint density at radius 2 is 2.00 bits per heavy atom. The Balaban J connectivity index is 2.30. The number of aromatic nitrogens is 3. The van der Waals surface area contributed by atoms with E-state index in [1.807, 2.05) is 19.1 Å². The van der Waals surface area contributed by atoms with Crippen LogP contribution in [0.25, 0.3) is 0 Å². The molecule has 2 rings (SSSR count). The van der Waals surface area contributed by atoms with Gasteiger partial charge in [0, 0.05) is 23.0 Å². The first-order valence-corrected chi connectivity index (χ1v) is 5.75. The smallest absolute Gasteiger partial charge is 0.193 e. The minimum Gasteiger partial charge on any atom is -0.382 e. The summed E-state index contributed by atoms with van der Waals surface area (Å²) in [6.07, 6.45) is 3.42. The molecule has 0 radical (unpaired) electrons. The number of amidine groups is 1. The van der Waals surface area contributed by atoms with Crippen molar-refractivity contribution in [2.75, 3.05) is 0 Å². The van der Waals surface area contributed by atoms with E-state index < -0.39 is 0 Å². The second-order valence-electron chi connectivity index (χ2n) is 3.38. The van der Waals surface area contributed by atoms with Gasteiger partial charge in [-0.25, -0.2) is 9.97 Å². The Morgan fingerprint density at radius 3 is 2.65 bits per heavy atom. The molecule has 5 nitrogen and oxygen atoms in total. The summed E-state index contributed by atoms with van der Waals surface area (Å²) in [5, 5.41) is 7.96. The average molecular weight is 245 g/mol. The second kappa shape index (κ2) is 4.92. The maximum absolute atomic E-state index is 7.38. The third-order valence-electron chi connectivity index (χ3n) is 1.97. The predicted molar refractivity (Wildman–Crippen MR) is 66.1 cm³/mol. The van der Waals surface area contributed by atoms with Gasteiger partial charge in [-0.1, -0.05) is 0 Å². The van der Waals surface area contributed by atoms with Crippen molar-refractivity contribution in [3.05, 3.63) is 42.0 Å². The van der Waals surface area contributed by atoms with Crippen molar-refractivity contribution in [3.8, 4) is 0 Å². The van der Waals surface area contributed by atoms with E-state index in [0.29, 0.717) is 10.9 Å². The molecule has 0 bridgehead atoms. The summed E-state index contributed by atoms with van der Waals surface area (Å²) >= 11 is 1.42. The Labute approximate surface area is 103 Å². The van der Waals surface area contributed by atoms with E-state index >= 15 is 0 Å². The number of hydrogen-bond acceptors (Lipinski definition) is 5. The third kappa shape index (κ3) is 3.01. The third-order valence-corrected chi connectivity index (χ3v) is 2.84. The molecule has 0 spiro atoms. The second-order valence-corrected chi connectivity index (χ2v) is 4.42.